The monoisotopic (exact) mass is 277 g/mol. The van der Waals surface area contributed by atoms with Gasteiger partial charge in [0, 0.05) is 18.6 Å². The number of nitrogens with zero attached hydrogens (tertiary/aromatic N) is 2. The molecule has 2 unspecified atom stereocenters. The summed E-state index contributed by atoms with van der Waals surface area (Å²) in [6, 6.07) is 0.816. The van der Waals surface area contributed by atoms with Gasteiger partial charge >= 0.3 is 0 Å². The molecule has 0 radical (unpaired) electrons. The lowest BCUT2D eigenvalue weighted by Gasteiger charge is -2.17. The Morgan fingerprint density at radius 3 is 2.50 bits per heavy atom. The first-order chi connectivity index (χ1) is 9.72. The highest BCUT2D eigenvalue weighted by atomic mass is 16.2. The third-order valence-corrected chi connectivity index (χ3v) is 5.13. The van der Waals surface area contributed by atoms with Crippen LogP contribution in [0, 0.1) is 5.92 Å². The van der Waals surface area contributed by atoms with E-state index < -0.39 is 0 Å². The molecule has 0 spiro atoms. The predicted octanol–water partition coefficient (Wildman–Crippen LogP) is 0.350. The van der Waals surface area contributed by atoms with Crippen molar-refractivity contribution in [1.29, 1.82) is 0 Å². The number of carbonyl (C=O) groups excluding carboxylic acids is 2. The molecule has 4 fully saturated rings. The second kappa shape index (κ2) is 4.81. The van der Waals surface area contributed by atoms with Crippen molar-refractivity contribution < 1.29 is 9.59 Å². The molecule has 110 valence electrons. The first-order valence-corrected chi connectivity index (χ1v) is 8.05. The van der Waals surface area contributed by atoms with Gasteiger partial charge in [-0.25, -0.2) is 0 Å². The van der Waals surface area contributed by atoms with Crippen molar-refractivity contribution in [3.63, 3.8) is 0 Å². The molecule has 5 heteroatoms. The molecule has 2 aliphatic heterocycles. The smallest absolute Gasteiger partial charge is 0.247 e. The van der Waals surface area contributed by atoms with E-state index in [0.29, 0.717) is 12.3 Å². The summed E-state index contributed by atoms with van der Waals surface area (Å²) in [5.41, 5.74) is 0. The van der Waals surface area contributed by atoms with E-state index in [-0.39, 0.29) is 23.9 Å². The fourth-order valence-corrected chi connectivity index (χ4v) is 3.64. The Kier molecular flexibility index (Phi) is 3.07. The summed E-state index contributed by atoms with van der Waals surface area (Å²) in [5.74, 6) is 0.698. The summed E-state index contributed by atoms with van der Waals surface area (Å²) in [7, 11) is 0. The molecule has 2 amide bonds. The van der Waals surface area contributed by atoms with Gasteiger partial charge in [0.25, 0.3) is 0 Å². The van der Waals surface area contributed by atoms with Crippen LogP contribution in [-0.4, -0.2) is 59.4 Å². The first-order valence-electron chi connectivity index (χ1n) is 8.05. The zero-order chi connectivity index (χ0) is 13.7. The van der Waals surface area contributed by atoms with E-state index in [4.69, 9.17) is 0 Å². The maximum Gasteiger partial charge on any atom is 0.247 e. The number of hydrogen-bond donors (Lipinski definition) is 1. The fraction of sp³-hybridized carbons (Fsp3) is 0.867. The van der Waals surface area contributed by atoms with Crippen molar-refractivity contribution in [2.45, 2.75) is 56.7 Å². The van der Waals surface area contributed by atoms with Crippen LogP contribution < -0.4 is 5.32 Å². The number of nitrogens with one attached hydrogen (secondary N) is 1. The quantitative estimate of drug-likeness (QED) is 0.737. The third kappa shape index (κ3) is 2.37. The number of amides is 2. The van der Waals surface area contributed by atoms with E-state index in [9.17, 15) is 9.59 Å². The topological polar surface area (TPSA) is 52.7 Å². The molecule has 2 atom stereocenters. The minimum Gasteiger partial charge on any atom is -0.305 e. The van der Waals surface area contributed by atoms with E-state index in [2.05, 4.69) is 10.2 Å². The lowest BCUT2D eigenvalue weighted by atomic mass is 10.1. The predicted molar refractivity (Wildman–Crippen MR) is 74.0 cm³/mol. The maximum atomic E-state index is 12.2. The van der Waals surface area contributed by atoms with Crippen molar-refractivity contribution >= 4 is 11.8 Å². The van der Waals surface area contributed by atoms with Crippen molar-refractivity contribution in [2.75, 3.05) is 19.6 Å². The SMILES string of the molecule is O=C1CC(NCC2CCN(C3CC3)C2)C(=O)N1C1CC1. The first kappa shape index (κ1) is 12.8. The summed E-state index contributed by atoms with van der Waals surface area (Å²) in [4.78, 5) is 28.2. The van der Waals surface area contributed by atoms with Crippen LogP contribution in [0.5, 0.6) is 0 Å². The molecule has 2 saturated heterocycles. The molecule has 0 bridgehead atoms. The average molecular weight is 277 g/mol. The van der Waals surface area contributed by atoms with E-state index in [1.165, 1.54) is 37.3 Å². The Hall–Kier alpha value is -0.940. The molecule has 5 nitrogen and oxygen atoms in total. The number of imide groups is 1. The zero-order valence-corrected chi connectivity index (χ0v) is 11.9. The molecule has 2 saturated carbocycles. The van der Waals surface area contributed by atoms with E-state index >= 15 is 0 Å². The highest BCUT2D eigenvalue weighted by Crippen LogP contribution is 2.33. The van der Waals surface area contributed by atoms with Gasteiger partial charge in [-0.1, -0.05) is 0 Å². The van der Waals surface area contributed by atoms with E-state index in [0.717, 1.165) is 25.4 Å². The summed E-state index contributed by atoms with van der Waals surface area (Å²) >= 11 is 0. The van der Waals surface area contributed by atoms with Crippen molar-refractivity contribution in [3.05, 3.63) is 0 Å². The van der Waals surface area contributed by atoms with Gasteiger partial charge in [0.1, 0.15) is 0 Å². The lowest BCUT2D eigenvalue weighted by Crippen LogP contribution is -2.41. The molecule has 0 aromatic rings. The Bertz CT molecular complexity index is 431. The number of rotatable bonds is 5. The Morgan fingerprint density at radius 1 is 1.05 bits per heavy atom. The summed E-state index contributed by atoms with van der Waals surface area (Å²) in [6.07, 6.45) is 6.34. The number of carbonyl (C=O) groups is 2. The second-order valence-electron chi connectivity index (χ2n) is 6.88. The Morgan fingerprint density at radius 2 is 1.80 bits per heavy atom. The molecule has 1 N–H and O–H groups in total. The van der Waals surface area contributed by atoms with Crippen LogP contribution >= 0.6 is 0 Å². The third-order valence-electron chi connectivity index (χ3n) is 5.13. The van der Waals surface area contributed by atoms with Crippen LogP contribution in [0.4, 0.5) is 0 Å². The average Bonchev–Trinajstić information content (AvgIpc) is 3.35. The van der Waals surface area contributed by atoms with Crippen LogP contribution in [0.25, 0.3) is 0 Å². The fourth-order valence-electron chi connectivity index (χ4n) is 3.64. The Labute approximate surface area is 119 Å². The summed E-state index contributed by atoms with van der Waals surface area (Å²) in [6.45, 7) is 3.26. The summed E-state index contributed by atoms with van der Waals surface area (Å²) in [5, 5.41) is 3.36. The van der Waals surface area contributed by atoms with Crippen LogP contribution in [0.1, 0.15) is 38.5 Å². The molecule has 0 aromatic heterocycles. The van der Waals surface area contributed by atoms with Crippen LogP contribution in [0.2, 0.25) is 0 Å². The van der Waals surface area contributed by atoms with Crippen LogP contribution in [0.3, 0.4) is 0 Å². The summed E-state index contributed by atoms with van der Waals surface area (Å²) < 4.78 is 0. The largest absolute Gasteiger partial charge is 0.305 e. The standard InChI is InChI=1S/C15H23N3O2/c19-14-7-13(15(20)18(14)12-3-4-12)16-8-10-5-6-17(9-10)11-1-2-11/h10-13,16H,1-9H2. The van der Waals surface area contributed by atoms with Gasteiger partial charge in [-0.3, -0.25) is 14.5 Å². The van der Waals surface area contributed by atoms with Crippen LogP contribution in [-0.2, 0) is 9.59 Å². The molecule has 4 aliphatic rings. The molecule has 2 heterocycles. The minimum absolute atomic E-state index is 0.0227. The highest BCUT2D eigenvalue weighted by Gasteiger charge is 2.46. The number of hydrogen-bond acceptors (Lipinski definition) is 4. The molecular weight excluding hydrogens is 254 g/mol. The highest BCUT2D eigenvalue weighted by molar-refractivity contribution is 6.06. The van der Waals surface area contributed by atoms with Gasteiger partial charge in [-0.05, 0) is 51.1 Å². The molecular formula is C15H23N3O2. The molecule has 2 aliphatic carbocycles. The van der Waals surface area contributed by atoms with Gasteiger partial charge in [0.2, 0.25) is 11.8 Å². The molecule has 0 aromatic carbocycles. The van der Waals surface area contributed by atoms with E-state index in [1.54, 1.807) is 0 Å². The van der Waals surface area contributed by atoms with Crippen molar-refractivity contribution in [3.8, 4) is 0 Å². The Balaban J connectivity index is 1.27. The van der Waals surface area contributed by atoms with Gasteiger partial charge in [0.15, 0.2) is 0 Å². The number of likely N-dealkylation sites (tertiary alicyclic amines) is 2. The van der Waals surface area contributed by atoms with E-state index in [1.807, 2.05) is 0 Å². The lowest BCUT2D eigenvalue weighted by molar-refractivity contribution is -0.139. The van der Waals surface area contributed by atoms with Gasteiger partial charge in [-0.15, -0.1) is 0 Å². The molecule has 4 rings (SSSR count). The molecule has 20 heavy (non-hydrogen) atoms. The second-order valence-corrected chi connectivity index (χ2v) is 6.88. The normalized spacial score (nSPS) is 35.3. The van der Waals surface area contributed by atoms with Crippen LogP contribution in [0.15, 0.2) is 0 Å². The van der Waals surface area contributed by atoms with Crippen molar-refractivity contribution in [2.24, 2.45) is 5.92 Å². The van der Waals surface area contributed by atoms with Crippen molar-refractivity contribution in [1.82, 2.24) is 15.1 Å². The minimum atomic E-state index is -0.252. The van der Waals surface area contributed by atoms with Gasteiger partial charge < -0.3 is 10.2 Å². The maximum absolute atomic E-state index is 12.2. The zero-order valence-electron chi connectivity index (χ0n) is 11.9. The van der Waals surface area contributed by atoms with Gasteiger partial charge in [-0.2, -0.15) is 0 Å². The van der Waals surface area contributed by atoms with Gasteiger partial charge in [0.05, 0.1) is 12.5 Å².